The van der Waals surface area contributed by atoms with Crippen molar-refractivity contribution in [3.05, 3.63) is 16.1 Å². The minimum atomic E-state index is -0.115. The summed E-state index contributed by atoms with van der Waals surface area (Å²) in [6.07, 6.45) is 3.56. The van der Waals surface area contributed by atoms with Crippen LogP contribution in [0.5, 0.6) is 0 Å². The number of hydrogen-bond donors (Lipinski definition) is 1. The summed E-state index contributed by atoms with van der Waals surface area (Å²) in [5, 5.41) is 7.12. The molecule has 0 bridgehead atoms. The predicted molar refractivity (Wildman–Crippen MR) is 80.8 cm³/mol. The van der Waals surface area contributed by atoms with Gasteiger partial charge in [0.15, 0.2) is 0 Å². The summed E-state index contributed by atoms with van der Waals surface area (Å²) in [5.41, 5.74) is 1.09. The van der Waals surface area contributed by atoms with Crippen molar-refractivity contribution in [1.82, 2.24) is 10.3 Å². The lowest BCUT2D eigenvalue weighted by molar-refractivity contribution is 0.00663. The van der Waals surface area contributed by atoms with Gasteiger partial charge in [-0.1, -0.05) is 13.8 Å². The normalized spacial score (nSPS) is 18.0. The Hall–Kier alpha value is -0.450. The van der Waals surface area contributed by atoms with Gasteiger partial charge in [-0.2, -0.15) is 0 Å². The van der Waals surface area contributed by atoms with E-state index in [1.807, 2.05) is 0 Å². The van der Waals surface area contributed by atoms with E-state index in [9.17, 15) is 0 Å². The van der Waals surface area contributed by atoms with Crippen LogP contribution in [0.25, 0.3) is 0 Å². The maximum absolute atomic E-state index is 5.58. The molecule has 3 nitrogen and oxygen atoms in total. The summed E-state index contributed by atoms with van der Waals surface area (Å²) in [4.78, 5) is 4.81. The Morgan fingerprint density at radius 3 is 2.63 bits per heavy atom. The van der Waals surface area contributed by atoms with Gasteiger partial charge in [-0.05, 0) is 39.0 Å². The molecular weight excluding hydrogens is 256 g/mol. The third-order valence-electron chi connectivity index (χ3n) is 3.69. The number of rotatable bonds is 7. The van der Waals surface area contributed by atoms with Gasteiger partial charge in [-0.15, -0.1) is 11.3 Å². The van der Waals surface area contributed by atoms with Gasteiger partial charge in [0, 0.05) is 18.5 Å². The van der Waals surface area contributed by atoms with Gasteiger partial charge in [0.25, 0.3) is 0 Å². The van der Waals surface area contributed by atoms with Crippen LogP contribution in [0.15, 0.2) is 5.38 Å². The first-order valence-electron chi connectivity index (χ1n) is 7.18. The Kier molecular flexibility index (Phi) is 4.64. The lowest BCUT2D eigenvalue weighted by Gasteiger charge is -2.28. The number of thiazole rings is 1. The SMILES string of the molecule is COC(C)(C)CC(NC1CC1)c1nc(C(C)C)cs1. The molecule has 1 aliphatic rings. The van der Waals surface area contributed by atoms with Crippen molar-refractivity contribution in [2.24, 2.45) is 0 Å². The number of methoxy groups -OCH3 is 1. The molecule has 1 fully saturated rings. The predicted octanol–water partition coefficient (Wildman–Crippen LogP) is 3.87. The third kappa shape index (κ3) is 4.26. The second kappa shape index (κ2) is 5.90. The van der Waals surface area contributed by atoms with Crippen LogP contribution < -0.4 is 5.32 Å². The second-order valence-electron chi connectivity index (χ2n) is 6.43. The summed E-state index contributed by atoms with van der Waals surface area (Å²) in [5.74, 6) is 0.502. The largest absolute Gasteiger partial charge is 0.379 e. The molecule has 0 amide bonds. The van der Waals surface area contributed by atoms with Crippen molar-refractivity contribution in [3.8, 4) is 0 Å². The number of hydrogen-bond acceptors (Lipinski definition) is 4. The van der Waals surface area contributed by atoms with Gasteiger partial charge in [0.05, 0.1) is 17.3 Å². The molecule has 1 aliphatic carbocycles. The molecule has 0 spiro atoms. The first-order valence-corrected chi connectivity index (χ1v) is 8.06. The zero-order valence-corrected chi connectivity index (χ0v) is 13.5. The van der Waals surface area contributed by atoms with E-state index in [2.05, 4.69) is 38.4 Å². The van der Waals surface area contributed by atoms with E-state index in [0.717, 1.165) is 6.42 Å². The highest BCUT2D eigenvalue weighted by atomic mass is 32.1. The average molecular weight is 282 g/mol. The summed E-state index contributed by atoms with van der Waals surface area (Å²) < 4.78 is 5.58. The fourth-order valence-electron chi connectivity index (χ4n) is 2.05. The Balaban J connectivity index is 2.10. The maximum Gasteiger partial charge on any atom is 0.110 e. The quantitative estimate of drug-likeness (QED) is 0.824. The standard InChI is InChI=1S/C15H26N2OS/c1-10(2)13-9-19-14(17-13)12(16-11-6-7-11)8-15(3,4)18-5/h9-12,16H,6-8H2,1-5H3. The van der Waals surface area contributed by atoms with Gasteiger partial charge in [0.1, 0.15) is 5.01 Å². The summed E-state index contributed by atoms with van der Waals surface area (Å²) >= 11 is 1.78. The number of ether oxygens (including phenoxy) is 1. The van der Waals surface area contributed by atoms with E-state index in [4.69, 9.17) is 9.72 Å². The molecule has 4 heteroatoms. The fraction of sp³-hybridized carbons (Fsp3) is 0.800. The van der Waals surface area contributed by atoms with Gasteiger partial charge >= 0.3 is 0 Å². The van der Waals surface area contributed by atoms with Crippen LogP contribution in [-0.4, -0.2) is 23.7 Å². The van der Waals surface area contributed by atoms with E-state index < -0.39 is 0 Å². The van der Waals surface area contributed by atoms with Crippen LogP contribution in [0, 0.1) is 0 Å². The van der Waals surface area contributed by atoms with Crippen molar-refractivity contribution in [2.75, 3.05) is 7.11 Å². The molecule has 0 aliphatic heterocycles. The lowest BCUT2D eigenvalue weighted by atomic mass is 9.99. The monoisotopic (exact) mass is 282 g/mol. The minimum absolute atomic E-state index is 0.115. The fourth-order valence-corrected chi connectivity index (χ4v) is 3.09. The molecule has 19 heavy (non-hydrogen) atoms. The van der Waals surface area contributed by atoms with E-state index in [1.165, 1.54) is 23.5 Å². The Bertz CT molecular complexity index is 410. The van der Waals surface area contributed by atoms with Gasteiger partial charge in [0.2, 0.25) is 0 Å². The molecule has 1 unspecified atom stereocenters. The van der Waals surface area contributed by atoms with E-state index in [-0.39, 0.29) is 5.60 Å². The van der Waals surface area contributed by atoms with Crippen LogP contribution >= 0.6 is 11.3 Å². The van der Waals surface area contributed by atoms with E-state index in [0.29, 0.717) is 18.0 Å². The van der Waals surface area contributed by atoms with Crippen LogP contribution in [0.4, 0.5) is 0 Å². The minimum Gasteiger partial charge on any atom is -0.379 e. The van der Waals surface area contributed by atoms with Crippen molar-refractivity contribution < 1.29 is 4.74 Å². The van der Waals surface area contributed by atoms with E-state index in [1.54, 1.807) is 18.4 Å². The zero-order chi connectivity index (χ0) is 14.0. The molecule has 1 aromatic rings. The van der Waals surface area contributed by atoms with Gasteiger partial charge < -0.3 is 10.1 Å². The van der Waals surface area contributed by atoms with Crippen molar-refractivity contribution in [3.63, 3.8) is 0 Å². The van der Waals surface area contributed by atoms with Gasteiger partial charge in [-0.25, -0.2) is 4.98 Å². The zero-order valence-electron chi connectivity index (χ0n) is 12.7. The van der Waals surface area contributed by atoms with E-state index >= 15 is 0 Å². The first-order chi connectivity index (χ1) is 8.91. The Labute approximate surface area is 120 Å². The highest BCUT2D eigenvalue weighted by Crippen LogP contribution is 2.33. The molecule has 1 atom stereocenters. The molecule has 1 aromatic heterocycles. The number of nitrogens with zero attached hydrogens (tertiary/aromatic N) is 1. The lowest BCUT2D eigenvalue weighted by Crippen LogP contribution is -2.33. The molecule has 0 radical (unpaired) electrons. The number of aromatic nitrogens is 1. The Morgan fingerprint density at radius 2 is 2.16 bits per heavy atom. The van der Waals surface area contributed by atoms with Crippen molar-refractivity contribution in [2.45, 2.75) is 70.6 Å². The molecule has 108 valence electrons. The van der Waals surface area contributed by atoms with Crippen LogP contribution in [0.2, 0.25) is 0 Å². The van der Waals surface area contributed by atoms with Crippen molar-refractivity contribution in [1.29, 1.82) is 0 Å². The molecule has 1 N–H and O–H groups in total. The summed E-state index contributed by atoms with van der Waals surface area (Å²) in [7, 11) is 1.79. The molecule has 0 saturated heterocycles. The van der Waals surface area contributed by atoms with Crippen molar-refractivity contribution >= 4 is 11.3 Å². The highest BCUT2D eigenvalue weighted by molar-refractivity contribution is 7.09. The highest BCUT2D eigenvalue weighted by Gasteiger charge is 2.31. The van der Waals surface area contributed by atoms with Crippen LogP contribution in [-0.2, 0) is 4.74 Å². The molecular formula is C15H26N2OS. The summed E-state index contributed by atoms with van der Waals surface area (Å²) in [6.45, 7) is 8.68. The van der Waals surface area contributed by atoms with Gasteiger partial charge in [-0.3, -0.25) is 0 Å². The summed E-state index contributed by atoms with van der Waals surface area (Å²) in [6, 6.07) is 1.00. The molecule has 1 saturated carbocycles. The number of nitrogens with one attached hydrogen (secondary N) is 1. The Morgan fingerprint density at radius 1 is 1.47 bits per heavy atom. The molecule has 1 heterocycles. The smallest absolute Gasteiger partial charge is 0.110 e. The topological polar surface area (TPSA) is 34.1 Å². The maximum atomic E-state index is 5.58. The molecule has 0 aromatic carbocycles. The average Bonchev–Trinajstić information content (AvgIpc) is 3.01. The molecule has 2 rings (SSSR count). The third-order valence-corrected chi connectivity index (χ3v) is 4.67. The first kappa shape index (κ1) is 14.9. The van der Waals surface area contributed by atoms with Crippen LogP contribution in [0.1, 0.15) is 69.6 Å². The van der Waals surface area contributed by atoms with Crippen LogP contribution in [0.3, 0.4) is 0 Å². The second-order valence-corrected chi connectivity index (χ2v) is 7.32.